The number of carbonyl (C=O) groups excluding carboxylic acids is 1. The quantitative estimate of drug-likeness (QED) is 0.521. The molecule has 1 fully saturated rings. The summed E-state index contributed by atoms with van der Waals surface area (Å²) in [6, 6.07) is 10.4. The molecule has 2 atom stereocenters. The van der Waals surface area contributed by atoms with Crippen LogP contribution in [0.2, 0.25) is 0 Å². The second kappa shape index (κ2) is 8.99. The average Bonchev–Trinajstić information content (AvgIpc) is 3.16. The van der Waals surface area contributed by atoms with Crippen molar-refractivity contribution in [2.45, 2.75) is 44.9 Å². The first kappa shape index (κ1) is 21.7. The van der Waals surface area contributed by atoms with Crippen LogP contribution >= 0.6 is 22.9 Å². The van der Waals surface area contributed by atoms with E-state index in [9.17, 15) is 4.79 Å². The SMILES string of the molecule is CC1CCc2c(sc3nc(Cc4ccccc4)nc(N4CCN(C(=O)C(C)Cl)CC4)c23)C1. The summed E-state index contributed by atoms with van der Waals surface area (Å²) in [4.78, 5) is 29.3. The van der Waals surface area contributed by atoms with Crippen molar-refractivity contribution in [3.8, 4) is 0 Å². The highest BCUT2D eigenvalue weighted by Gasteiger charge is 2.29. The third kappa shape index (κ3) is 4.23. The Hall–Kier alpha value is -2.18. The normalized spacial score (nSPS) is 19.8. The zero-order valence-electron chi connectivity index (χ0n) is 18.7. The van der Waals surface area contributed by atoms with Crippen LogP contribution in [0.5, 0.6) is 0 Å². The Labute approximate surface area is 198 Å². The molecule has 0 bridgehead atoms. The summed E-state index contributed by atoms with van der Waals surface area (Å²) in [7, 11) is 0. The zero-order valence-corrected chi connectivity index (χ0v) is 20.3. The van der Waals surface area contributed by atoms with E-state index in [0.29, 0.717) is 13.1 Å². The molecule has 3 heterocycles. The van der Waals surface area contributed by atoms with Crippen LogP contribution < -0.4 is 4.90 Å². The number of fused-ring (bicyclic) bond motifs is 3. The predicted octanol–water partition coefficient (Wildman–Crippen LogP) is 4.68. The molecule has 7 heteroatoms. The third-order valence-electron chi connectivity index (χ3n) is 6.62. The number of nitrogens with zero attached hydrogens (tertiary/aromatic N) is 4. The highest BCUT2D eigenvalue weighted by molar-refractivity contribution is 7.19. The molecule has 168 valence electrons. The van der Waals surface area contributed by atoms with E-state index in [1.165, 1.54) is 27.8 Å². The number of amides is 1. The molecule has 0 radical (unpaired) electrons. The molecule has 1 aliphatic heterocycles. The van der Waals surface area contributed by atoms with Crippen LogP contribution in [-0.4, -0.2) is 52.3 Å². The van der Waals surface area contributed by atoms with E-state index in [1.54, 1.807) is 6.92 Å². The third-order valence-corrected chi connectivity index (χ3v) is 7.95. The van der Waals surface area contributed by atoms with Gasteiger partial charge in [0.2, 0.25) is 5.91 Å². The maximum atomic E-state index is 12.3. The molecular weight excluding hydrogens is 440 g/mol. The Morgan fingerprint density at radius 1 is 1.19 bits per heavy atom. The molecule has 5 rings (SSSR count). The van der Waals surface area contributed by atoms with E-state index in [-0.39, 0.29) is 5.91 Å². The molecule has 5 nitrogen and oxygen atoms in total. The molecule has 2 unspecified atom stereocenters. The van der Waals surface area contributed by atoms with Gasteiger partial charge in [-0.25, -0.2) is 9.97 Å². The fourth-order valence-electron chi connectivity index (χ4n) is 4.84. The monoisotopic (exact) mass is 468 g/mol. The summed E-state index contributed by atoms with van der Waals surface area (Å²) in [5, 5.41) is 0.773. The van der Waals surface area contributed by atoms with Gasteiger partial charge in [-0.2, -0.15) is 0 Å². The van der Waals surface area contributed by atoms with E-state index in [1.807, 2.05) is 22.3 Å². The van der Waals surface area contributed by atoms with Crippen LogP contribution in [0.25, 0.3) is 10.2 Å². The number of aromatic nitrogens is 2. The molecular formula is C25H29ClN4OS. The number of thiophene rings is 1. The van der Waals surface area contributed by atoms with E-state index in [2.05, 4.69) is 36.1 Å². The van der Waals surface area contributed by atoms with Crippen molar-refractivity contribution in [2.75, 3.05) is 31.1 Å². The highest BCUT2D eigenvalue weighted by atomic mass is 35.5. The minimum atomic E-state index is -0.476. The van der Waals surface area contributed by atoms with Gasteiger partial charge < -0.3 is 9.80 Å². The lowest BCUT2D eigenvalue weighted by atomic mass is 9.89. The number of alkyl halides is 1. The summed E-state index contributed by atoms with van der Waals surface area (Å²) in [6.07, 6.45) is 4.19. The smallest absolute Gasteiger partial charge is 0.240 e. The van der Waals surface area contributed by atoms with Crippen molar-refractivity contribution in [1.29, 1.82) is 0 Å². The first-order valence-electron chi connectivity index (χ1n) is 11.5. The number of hydrogen-bond donors (Lipinski definition) is 0. The van der Waals surface area contributed by atoms with Crippen LogP contribution in [0.15, 0.2) is 30.3 Å². The van der Waals surface area contributed by atoms with Crippen molar-refractivity contribution in [3.05, 3.63) is 52.2 Å². The summed E-state index contributed by atoms with van der Waals surface area (Å²) in [5.74, 6) is 2.67. The summed E-state index contributed by atoms with van der Waals surface area (Å²) < 4.78 is 0. The Morgan fingerprint density at radius 2 is 1.94 bits per heavy atom. The molecule has 0 saturated carbocycles. The van der Waals surface area contributed by atoms with Crippen molar-refractivity contribution < 1.29 is 4.79 Å². The van der Waals surface area contributed by atoms with Crippen molar-refractivity contribution in [2.24, 2.45) is 5.92 Å². The van der Waals surface area contributed by atoms with E-state index in [4.69, 9.17) is 21.6 Å². The number of anilines is 1. The van der Waals surface area contributed by atoms with Crippen LogP contribution in [0.4, 0.5) is 5.82 Å². The number of rotatable bonds is 4. The number of benzene rings is 1. The van der Waals surface area contributed by atoms with Gasteiger partial charge in [0.25, 0.3) is 0 Å². The van der Waals surface area contributed by atoms with Crippen LogP contribution in [0, 0.1) is 5.92 Å². The zero-order chi connectivity index (χ0) is 22.2. The average molecular weight is 469 g/mol. The summed E-state index contributed by atoms with van der Waals surface area (Å²) in [6.45, 7) is 6.99. The first-order valence-corrected chi connectivity index (χ1v) is 12.8. The Kier molecular flexibility index (Phi) is 6.08. The van der Waals surface area contributed by atoms with Gasteiger partial charge in [0.1, 0.15) is 21.8 Å². The van der Waals surface area contributed by atoms with Gasteiger partial charge in [-0.1, -0.05) is 37.3 Å². The molecule has 1 aliphatic carbocycles. The van der Waals surface area contributed by atoms with Gasteiger partial charge in [-0.3, -0.25) is 4.79 Å². The number of carbonyl (C=O) groups is 1. The number of hydrogen-bond acceptors (Lipinski definition) is 5. The van der Waals surface area contributed by atoms with Crippen molar-refractivity contribution in [1.82, 2.24) is 14.9 Å². The lowest BCUT2D eigenvalue weighted by molar-refractivity contribution is -0.130. The number of piperazine rings is 1. The van der Waals surface area contributed by atoms with Crippen molar-refractivity contribution >= 4 is 44.9 Å². The Bertz CT molecular complexity index is 1120. The second-order valence-corrected chi connectivity index (χ2v) is 10.8. The van der Waals surface area contributed by atoms with E-state index < -0.39 is 5.38 Å². The molecule has 2 aromatic heterocycles. The van der Waals surface area contributed by atoms with Crippen LogP contribution in [0.3, 0.4) is 0 Å². The lowest BCUT2D eigenvalue weighted by Crippen LogP contribution is -2.50. The van der Waals surface area contributed by atoms with Crippen LogP contribution in [-0.2, 0) is 24.1 Å². The molecule has 2 aliphatic rings. The Morgan fingerprint density at radius 3 is 2.66 bits per heavy atom. The van der Waals surface area contributed by atoms with Gasteiger partial charge in [-0.05, 0) is 43.2 Å². The maximum Gasteiger partial charge on any atom is 0.240 e. The molecule has 1 amide bonds. The highest BCUT2D eigenvalue weighted by Crippen LogP contribution is 2.41. The minimum absolute atomic E-state index is 0.0193. The maximum absolute atomic E-state index is 12.3. The fourth-order valence-corrected chi connectivity index (χ4v) is 6.38. The van der Waals surface area contributed by atoms with Crippen LogP contribution in [0.1, 0.15) is 42.1 Å². The molecule has 1 saturated heterocycles. The molecule has 0 N–H and O–H groups in total. The molecule has 1 aromatic carbocycles. The predicted molar refractivity (Wildman–Crippen MR) is 132 cm³/mol. The topological polar surface area (TPSA) is 49.3 Å². The van der Waals surface area contributed by atoms with Gasteiger partial charge >= 0.3 is 0 Å². The van der Waals surface area contributed by atoms with Crippen molar-refractivity contribution in [3.63, 3.8) is 0 Å². The number of halogens is 1. The van der Waals surface area contributed by atoms with Gasteiger partial charge in [-0.15, -0.1) is 22.9 Å². The second-order valence-electron chi connectivity index (χ2n) is 9.09. The van der Waals surface area contributed by atoms with E-state index in [0.717, 1.165) is 54.7 Å². The van der Waals surface area contributed by atoms with Gasteiger partial charge in [0.05, 0.1) is 5.39 Å². The molecule has 0 spiro atoms. The largest absolute Gasteiger partial charge is 0.352 e. The van der Waals surface area contributed by atoms with Gasteiger partial charge in [0, 0.05) is 37.5 Å². The lowest BCUT2D eigenvalue weighted by Gasteiger charge is -2.36. The summed E-state index contributed by atoms with van der Waals surface area (Å²) in [5.41, 5.74) is 2.68. The minimum Gasteiger partial charge on any atom is -0.352 e. The van der Waals surface area contributed by atoms with Gasteiger partial charge in [0.15, 0.2) is 0 Å². The summed E-state index contributed by atoms with van der Waals surface area (Å²) >= 11 is 7.90. The number of aryl methyl sites for hydroxylation is 1. The molecule has 3 aromatic rings. The molecule has 32 heavy (non-hydrogen) atoms. The first-order chi connectivity index (χ1) is 15.5. The fraction of sp³-hybridized carbons (Fsp3) is 0.480. The van der Waals surface area contributed by atoms with E-state index >= 15 is 0 Å². The standard InChI is InChI=1S/C25H29ClN4OS/c1-16-8-9-19-20(14-16)32-24-22(19)23(27-21(28-24)15-18-6-4-3-5-7-18)29-10-12-30(13-11-29)25(31)17(2)26/h3-7,16-17H,8-15H2,1-2H3. The Balaban J connectivity index is 1.51.